The van der Waals surface area contributed by atoms with Gasteiger partial charge < -0.3 is 26.0 Å². The molecule has 0 saturated carbocycles. The van der Waals surface area contributed by atoms with E-state index in [0.29, 0.717) is 68.3 Å². The van der Waals surface area contributed by atoms with Crippen molar-refractivity contribution < 1.29 is 19.1 Å². The monoisotopic (exact) mass is 756 g/mol. The van der Waals surface area contributed by atoms with Crippen LogP contribution in [0.3, 0.4) is 0 Å². The molecule has 0 atom stereocenters. The minimum atomic E-state index is -1.06. The van der Waals surface area contributed by atoms with Gasteiger partial charge in [0.05, 0.1) is 0 Å². The maximum absolute atomic E-state index is 12.8. The molecule has 0 aliphatic heterocycles. The van der Waals surface area contributed by atoms with E-state index in [2.05, 4.69) is 101 Å². The summed E-state index contributed by atoms with van der Waals surface area (Å²) in [5.74, 6) is 0.238. The molecule has 8 nitrogen and oxygen atoms in total. The van der Waals surface area contributed by atoms with Crippen molar-refractivity contribution >= 4 is 29.3 Å². The molecule has 0 aliphatic rings. The fraction of sp³-hybridized carbons (Fsp3) is 0.400. The largest absolute Gasteiger partial charge is 0.478 e. The second-order valence-electron chi connectivity index (χ2n) is 13.1. The molecule has 0 heterocycles. The number of nitrogens with one attached hydrogen (secondary N) is 4. The van der Waals surface area contributed by atoms with Crippen molar-refractivity contribution in [2.75, 3.05) is 32.7 Å². The summed E-state index contributed by atoms with van der Waals surface area (Å²) >= 11 is 5.89. The Bertz CT molecular complexity index is 1540. The molecule has 4 N–H and O–H groups in total. The van der Waals surface area contributed by atoms with Gasteiger partial charge in [0.15, 0.2) is 5.60 Å². The van der Waals surface area contributed by atoms with Crippen LogP contribution in [0, 0.1) is 0 Å². The number of halogens is 1. The Morgan fingerprint density at radius 3 is 1.70 bits per heavy atom. The van der Waals surface area contributed by atoms with Gasteiger partial charge in [0.25, 0.3) is 11.8 Å². The van der Waals surface area contributed by atoms with Gasteiger partial charge in [-0.3, -0.25) is 14.4 Å². The summed E-state index contributed by atoms with van der Waals surface area (Å²) in [5.41, 5.74) is 0.533. The average molecular weight is 757 g/mol. The Morgan fingerprint density at radius 1 is 0.630 bits per heavy atom. The normalized spacial score (nSPS) is 12.2. The summed E-state index contributed by atoms with van der Waals surface area (Å²) in [5, 5.41) is 12.6. The lowest BCUT2D eigenvalue weighted by Crippen LogP contribution is -2.48. The van der Waals surface area contributed by atoms with Gasteiger partial charge >= 0.3 is 0 Å². The summed E-state index contributed by atoms with van der Waals surface area (Å²) in [4.78, 5) is 37.2. The smallest absolute Gasteiger partial charge is 0.263 e. The quantitative estimate of drug-likeness (QED) is 0.0539. The number of ether oxygens (including phenoxy) is 1. The van der Waals surface area contributed by atoms with Crippen LogP contribution < -0.4 is 26.0 Å². The molecule has 0 spiro atoms. The van der Waals surface area contributed by atoms with E-state index >= 15 is 0 Å². The number of allylic oxidation sites excluding steroid dienone is 12. The number of rotatable bonds is 27. The van der Waals surface area contributed by atoms with Gasteiger partial charge in [-0.05, 0) is 107 Å². The maximum atomic E-state index is 12.8. The standard InChI is InChI=1S/C45H61ClN4O4/c1-4-5-6-7-8-9-10-11-12-13-14-15-16-17-18-19-20-21-22-23-42(51)48-36-34-47-35-37-50-44(53)45(2,3)54-41-30-24-38(25-31-41)32-33-49-43(52)39-26-28-40(46)29-27-39/h5-6,8-9,11-12,14-15,17-18,20-21,24-31,47H,4,7,10,13,16,19,22-23,32-37H2,1-3H3,(H,48,51)(H,49,52)(H,50,53). The lowest BCUT2D eigenvalue weighted by Gasteiger charge is -2.25. The first-order valence-electron chi connectivity index (χ1n) is 19.2. The van der Waals surface area contributed by atoms with Crippen molar-refractivity contribution in [3.63, 3.8) is 0 Å². The van der Waals surface area contributed by atoms with E-state index in [9.17, 15) is 14.4 Å². The molecule has 3 amide bonds. The third-order valence-electron chi connectivity index (χ3n) is 7.99. The number of benzene rings is 2. The highest BCUT2D eigenvalue weighted by atomic mass is 35.5. The molecule has 0 aromatic heterocycles. The zero-order chi connectivity index (χ0) is 39.1. The van der Waals surface area contributed by atoms with E-state index in [4.69, 9.17) is 16.3 Å². The summed E-state index contributed by atoms with van der Waals surface area (Å²) in [6.07, 6.45) is 33.7. The molecular formula is C45H61ClN4O4. The maximum Gasteiger partial charge on any atom is 0.263 e. The summed E-state index contributed by atoms with van der Waals surface area (Å²) in [6, 6.07) is 14.3. The van der Waals surface area contributed by atoms with Crippen LogP contribution in [0.1, 0.15) is 88.1 Å². The Hall–Kier alpha value is -4.66. The number of carbonyl (C=O) groups excluding carboxylic acids is 3. The third kappa shape index (κ3) is 22.4. The second-order valence-corrected chi connectivity index (χ2v) is 13.5. The predicted octanol–water partition coefficient (Wildman–Crippen LogP) is 8.77. The topological polar surface area (TPSA) is 109 Å². The van der Waals surface area contributed by atoms with E-state index in [-0.39, 0.29) is 17.7 Å². The third-order valence-corrected chi connectivity index (χ3v) is 8.25. The predicted molar refractivity (Wildman–Crippen MR) is 225 cm³/mol. The van der Waals surface area contributed by atoms with Crippen molar-refractivity contribution in [3.05, 3.63) is 138 Å². The van der Waals surface area contributed by atoms with Crippen LogP contribution in [0.5, 0.6) is 5.75 Å². The summed E-state index contributed by atoms with van der Waals surface area (Å²) in [6.45, 7) is 8.23. The van der Waals surface area contributed by atoms with Gasteiger partial charge in [0.2, 0.25) is 5.91 Å². The lowest BCUT2D eigenvalue weighted by molar-refractivity contribution is -0.134. The Morgan fingerprint density at radius 2 is 1.15 bits per heavy atom. The molecule has 0 unspecified atom stereocenters. The summed E-state index contributed by atoms with van der Waals surface area (Å²) < 4.78 is 5.98. The van der Waals surface area contributed by atoms with Crippen LogP contribution in [-0.2, 0) is 16.0 Å². The van der Waals surface area contributed by atoms with Gasteiger partial charge in [-0.25, -0.2) is 0 Å². The zero-order valence-corrected chi connectivity index (χ0v) is 33.2. The number of carbonyl (C=O) groups is 3. The number of hydrogen-bond acceptors (Lipinski definition) is 5. The molecule has 54 heavy (non-hydrogen) atoms. The van der Waals surface area contributed by atoms with E-state index in [1.54, 1.807) is 38.1 Å². The van der Waals surface area contributed by atoms with Crippen LogP contribution in [0.25, 0.3) is 0 Å². The van der Waals surface area contributed by atoms with Crippen molar-refractivity contribution in [1.82, 2.24) is 21.3 Å². The second kappa shape index (κ2) is 28.8. The van der Waals surface area contributed by atoms with Crippen LogP contribution in [-0.4, -0.2) is 56.0 Å². The van der Waals surface area contributed by atoms with E-state index in [0.717, 1.165) is 44.1 Å². The molecule has 0 aliphatic carbocycles. The molecule has 0 fully saturated rings. The number of hydrogen-bond donors (Lipinski definition) is 4. The van der Waals surface area contributed by atoms with Crippen LogP contribution in [0.15, 0.2) is 121 Å². The minimum Gasteiger partial charge on any atom is -0.478 e. The average Bonchev–Trinajstić information content (AvgIpc) is 3.16. The fourth-order valence-electron chi connectivity index (χ4n) is 4.92. The molecule has 0 bridgehead atoms. The first-order chi connectivity index (χ1) is 26.2. The van der Waals surface area contributed by atoms with E-state index in [1.165, 1.54) is 0 Å². The molecule has 0 saturated heterocycles. The van der Waals surface area contributed by atoms with Crippen molar-refractivity contribution in [1.29, 1.82) is 0 Å². The highest BCUT2D eigenvalue weighted by Crippen LogP contribution is 2.19. The van der Waals surface area contributed by atoms with E-state index in [1.807, 2.05) is 24.3 Å². The first-order valence-corrected chi connectivity index (χ1v) is 19.6. The van der Waals surface area contributed by atoms with Gasteiger partial charge in [0, 0.05) is 49.7 Å². The molecule has 0 radical (unpaired) electrons. The number of amides is 3. The Kier molecular flexibility index (Phi) is 24.3. The molecule has 292 valence electrons. The molecular weight excluding hydrogens is 696 g/mol. The van der Waals surface area contributed by atoms with Gasteiger partial charge in [-0.15, -0.1) is 0 Å². The van der Waals surface area contributed by atoms with Crippen molar-refractivity contribution in [3.8, 4) is 5.75 Å². The Balaban J connectivity index is 1.46. The van der Waals surface area contributed by atoms with Crippen LogP contribution >= 0.6 is 11.6 Å². The highest BCUT2D eigenvalue weighted by molar-refractivity contribution is 6.30. The van der Waals surface area contributed by atoms with Gasteiger partial charge in [0.1, 0.15) is 5.75 Å². The molecule has 2 aromatic rings. The summed E-state index contributed by atoms with van der Waals surface area (Å²) in [7, 11) is 0. The van der Waals surface area contributed by atoms with Crippen molar-refractivity contribution in [2.24, 2.45) is 0 Å². The molecule has 2 rings (SSSR count). The van der Waals surface area contributed by atoms with Gasteiger partial charge in [-0.2, -0.15) is 0 Å². The fourth-order valence-corrected chi connectivity index (χ4v) is 5.05. The van der Waals surface area contributed by atoms with Crippen molar-refractivity contribution in [2.45, 2.75) is 84.2 Å². The van der Waals surface area contributed by atoms with E-state index < -0.39 is 5.60 Å². The van der Waals surface area contributed by atoms with Gasteiger partial charge in [-0.1, -0.05) is 104 Å². The zero-order valence-electron chi connectivity index (χ0n) is 32.5. The lowest BCUT2D eigenvalue weighted by atomic mass is 10.1. The first kappa shape index (κ1) is 45.5. The SMILES string of the molecule is CCC=CCC=CCC=CCC=CCC=CCC=CCCC(=O)NCCNCCNC(=O)C(C)(C)Oc1ccc(CCNC(=O)c2ccc(Cl)cc2)cc1. The minimum absolute atomic E-state index is 0.0255. The Labute approximate surface area is 328 Å². The van der Waals surface area contributed by atoms with Crippen LogP contribution in [0.2, 0.25) is 5.02 Å². The molecule has 2 aromatic carbocycles. The highest BCUT2D eigenvalue weighted by Gasteiger charge is 2.29. The molecule has 9 heteroatoms. The van der Waals surface area contributed by atoms with Crippen LogP contribution in [0.4, 0.5) is 0 Å².